The molecule has 0 aliphatic heterocycles. The van der Waals surface area contributed by atoms with Crippen molar-refractivity contribution in [3.05, 3.63) is 64.7 Å². The van der Waals surface area contributed by atoms with Gasteiger partial charge in [0.25, 0.3) is 0 Å². The molecule has 0 heterocycles. The van der Waals surface area contributed by atoms with Gasteiger partial charge in [-0.05, 0) is 23.3 Å². The van der Waals surface area contributed by atoms with Crippen LogP contribution in [0.1, 0.15) is 11.1 Å². The van der Waals surface area contributed by atoms with Crippen LogP contribution in [0.15, 0.2) is 53.4 Å². The smallest absolute Gasteiger partial charge is 0.224 e. The lowest BCUT2D eigenvalue weighted by molar-refractivity contribution is -0.120. The van der Waals surface area contributed by atoms with Crippen LogP contribution in [0.2, 0.25) is 5.02 Å². The van der Waals surface area contributed by atoms with Gasteiger partial charge in [-0.2, -0.15) is 0 Å². The molecule has 0 aliphatic carbocycles. The van der Waals surface area contributed by atoms with Gasteiger partial charge in [-0.25, -0.2) is 8.42 Å². The molecule has 2 aromatic carbocycles. The molecule has 0 aliphatic rings. The fourth-order valence-corrected chi connectivity index (χ4v) is 3.23. The number of amides is 1. The zero-order valence-corrected chi connectivity index (χ0v) is 13.6. The average Bonchev–Trinajstić information content (AvgIpc) is 2.46. The van der Waals surface area contributed by atoms with Crippen molar-refractivity contribution in [2.75, 3.05) is 6.26 Å². The van der Waals surface area contributed by atoms with Crippen molar-refractivity contribution in [1.82, 2.24) is 5.32 Å². The summed E-state index contributed by atoms with van der Waals surface area (Å²) in [5.41, 5.74) is 1.30. The number of benzene rings is 2. The Bertz CT molecular complexity index is 787. The second-order valence-electron chi connectivity index (χ2n) is 4.92. The minimum absolute atomic E-state index is 0.00763. The first kappa shape index (κ1) is 16.5. The fourth-order valence-electron chi connectivity index (χ4n) is 2.08. The normalized spacial score (nSPS) is 11.2. The first-order valence-electron chi connectivity index (χ1n) is 6.66. The van der Waals surface area contributed by atoms with Gasteiger partial charge < -0.3 is 5.32 Å². The highest BCUT2D eigenvalue weighted by Gasteiger charge is 2.15. The maximum Gasteiger partial charge on any atom is 0.224 e. The highest BCUT2D eigenvalue weighted by Crippen LogP contribution is 2.17. The molecule has 116 valence electrons. The fraction of sp³-hybridized carbons (Fsp3) is 0.188. The number of rotatable bonds is 5. The Morgan fingerprint density at radius 3 is 2.27 bits per heavy atom. The summed E-state index contributed by atoms with van der Waals surface area (Å²) in [6.07, 6.45) is 1.14. The second kappa shape index (κ2) is 6.94. The Hall–Kier alpha value is -1.85. The summed E-state index contributed by atoms with van der Waals surface area (Å²) in [4.78, 5) is 12.2. The van der Waals surface area contributed by atoms with Crippen molar-refractivity contribution in [2.45, 2.75) is 17.9 Å². The third kappa shape index (κ3) is 4.32. The molecule has 0 unspecified atom stereocenters. The molecule has 0 atom stereocenters. The zero-order valence-electron chi connectivity index (χ0n) is 12.0. The Morgan fingerprint density at radius 1 is 1.05 bits per heavy atom. The molecule has 0 fully saturated rings. The van der Waals surface area contributed by atoms with Crippen molar-refractivity contribution in [3.8, 4) is 0 Å². The van der Waals surface area contributed by atoms with E-state index in [0.717, 1.165) is 11.8 Å². The summed E-state index contributed by atoms with van der Waals surface area (Å²) in [5.74, 6) is -0.254. The average molecular weight is 338 g/mol. The molecule has 1 N–H and O–H groups in total. The van der Waals surface area contributed by atoms with E-state index < -0.39 is 9.84 Å². The predicted molar refractivity (Wildman–Crippen MR) is 86.6 cm³/mol. The quantitative estimate of drug-likeness (QED) is 0.912. The Kier molecular flexibility index (Phi) is 5.21. The van der Waals surface area contributed by atoms with Crippen LogP contribution in [-0.2, 0) is 27.6 Å². The second-order valence-corrected chi connectivity index (χ2v) is 7.32. The van der Waals surface area contributed by atoms with E-state index in [9.17, 15) is 13.2 Å². The van der Waals surface area contributed by atoms with E-state index >= 15 is 0 Å². The molecule has 0 spiro atoms. The maximum absolute atomic E-state index is 12.0. The summed E-state index contributed by atoms with van der Waals surface area (Å²) in [6, 6.07) is 13.7. The Labute approximate surface area is 135 Å². The summed E-state index contributed by atoms with van der Waals surface area (Å²) in [6.45, 7) is 0.305. The van der Waals surface area contributed by atoms with E-state index in [-0.39, 0.29) is 17.2 Å². The lowest BCUT2D eigenvalue weighted by atomic mass is 10.1. The highest BCUT2D eigenvalue weighted by atomic mass is 35.5. The summed E-state index contributed by atoms with van der Waals surface area (Å²) < 4.78 is 23.4. The van der Waals surface area contributed by atoms with Crippen LogP contribution >= 0.6 is 11.6 Å². The standard InChI is InChI=1S/C16H16ClNO3S/c1-22(20,21)15-9-5-3-6-12(15)10-16(19)18-11-13-7-2-4-8-14(13)17/h2-9H,10-11H2,1H3,(H,18,19). The van der Waals surface area contributed by atoms with Gasteiger partial charge in [-0.3, -0.25) is 4.79 Å². The van der Waals surface area contributed by atoms with Gasteiger partial charge in [0.15, 0.2) is 9.84 Å². The number of carbonyl (C=O) groups excluding carboxylic acids is 1. The van der Waals surface area contributed by atoms with Gasteiger partial charge in [0, 0.05) is 17.8 Å². The molecule has 1 amide bonds. The minimum atomic E-state index is -3.35. The number of hydrogen-bond acceptors (Lipinski definition) is 3. The van der Waals surface area contributed by atoms with Gasteiger partial charge in [0.1, 0.15) is 0 Å². The SMILES string of the molecule is CS(=O)(=O)c1ccccc1CC(=O)NCc1ccccc1Cl. The van der Waals surface area contributed by atoms with Crippen molar-refractivity contribution in [2.24, 2.45) is 0 Å². The lowest BCUT2D eigenvalue weighted by Gasteiger charge is -2.09. The van der Waals surface area contributed by atoms with E-state index in [4.69, 9.17) is 11.6 Å². The van der Waals surface area contributed by atoms with Crippen LogP contribution in [0, 0.1) is 0 Å². The molecule has 0 saturated heterocycles. The molecule has 4 nitrogen and oxygen atoms in total. The van der Waals surface area contributed by atoms with Gasteiger partial charge in [-0.1, -0.05) is 48.0 Å². The monoisotopic (exact) mass is 337 g/mol. The zero-order chi connectivity index (χ0) is 16.2. The lowest BCUT2D eigenvalue weighted by Crippen LogP contribution is -2.25. The van der Waals surface area contributed by atoms with E-state index in [1.807, 2.05) is 18.2 Å². The summed E-state index contributed by atoms with van der Waals surface area (Å²) in [5, 5.41) is 3.33. The molecule has 22 heavy (non-hydrogen) atoms. The van der Waals surface area contributed by atoms with Crippen LogP contribution in [0.4, 0.5) is 0 Å². The molecule has 2 aromatic rings. The third-order valence-corrected chi connectivity index (χ3v) is 4.72. The molecular formula is C16H16ClNO3S. The van der Waals surface area contributed by atoms with Crippen LogP contribution < -0.4 is 5.32 Å². The van der Waals surface area contributed by atoms with Gasteiger partial charge in [0.05, 0.1) is 11.3 Å². The molecule has 0 saturated carbocycles. The number of hydrogen-bond donors (Lipinski definition) is 1. The van der Waals surface area contributed by atoms with Gasteiger partial charge >= 0.3 is 0 Å². The first-order valence-corrected chi connectivity index (χ1v) is 8.93. The van der Waals surface area contributed by atoms with Crippen LogP contribution in [0.25, 0.3) is 0 Å². The molecular weight excluding hydrogens is 322 g/mol. The predicted octanol–water partition coefficient (Wildman–Crippen LogP) is 2.60. The first-order chi connectivity index (χ1) is 10.4. The topological polar surface area (TPSA) is 63.2 Å². The molecule has 2 rings (SSSR count). The van der Waals surface area contributed by atoms with E-state index in [1.54, 1.807) is 24.3 Å². The summed E-state index contributed by atoms with van der Waals surface area (Å²) >= 11 is 6.02. The number of sulfone groups is 1. The molecule has 0 bridgehead atoms. The van der Waals surface area contributed by atoms with Crippen molar-refractivity contribution < 1.29 is 13.2 Å². The third-order valence-electron chi connectivity index (χ3n) is 3.16. The largest absolute Gasteiger partial charge is 0.352 e. The molecule has 0 radical (unpaired) electrons. The van der Waals surface area contributed by atoms with Crippen molar-refractivity contribution >= 4 is 27.3 Å². The number of carbonyl (C=O) groups is 1. The van der Waals surface area contributed by atoms with E-state index in [2.05, 4.69) is 5.32 Å². The Balaban J connectivity index is 2.06. The minimum Gasteiger partial charge on any atom is -0.352 e. The Morgan fingerprint density at radius 2 is 1.64 bits per heavy atom. The van der Waals surface area contributed by atoms with E-state index in [1.165, 1.54) is 6.07 Å². The van der Waals surface area contributed by atoms with Crippen molar-refractivity contribution in [3.63, 3.8) is 0 Å². The maximum atomic E-state index is 12.0. The molecule has 6 heteroatoms. The van der Waals surface area contributed by atoms with Gasteiger partial charge in [-0.15, -0.1) is 0 Å². The number of nitrogens with one attached hydrogen (secondary N) is 1. The van der Waals surface area contributed by atoms with Crippen LogP contribution in [-0.4, -0.2) is 20.6 Å². The molecule has 0 aromatic heterocycles. The van der Waals surface area contributed by atoms with E-state index in [0.29, 0.717) is 17.1 Å². The van der Waals surface area contributed by atoms with Crippen LogP contribution in [0.3, 0.4) is 0 Å². The number of halogens is 1. The van der Waals surface area contributed by atoms with Gasteiger partial charge in [0.2, 0.25) is 5.91 Å². The summed E-state index contributed by atoms with van der Waals surface area (Å²) in [7, 11) is -3.35. The van der Waals surface area contributed by atoms with Crippen molar-refractivity contribution in [1.29, 1.82) is 0 Å². The highest BCUT2D eigenvalue weighted by molar-refractivity contribution is 7.90. The van der Waals surface area contributed by atoms with Crippen LogP contribution in [0.5, 0.6) is 0 Å².